The Kier molecular flexibility index (Phi) is 12.3. The van der Waals surface area contributed by atoms with Crippen LogP contribution in [-0.2, 0) is 9.47 Å². The normalized spacial score (nSPS) is 50.7. The first kappa shape index (κ1) is 38.0. The van der Waals surface area contributed by atoms with Crippen molar-refractivity contribution in [2.75, 3.05) is 20.3 Å². The number of methoxy groups -OCH3 is 1. The summed E-state index contributed by atoms with van der Waals surface area (Å²) < 4.78 is 12.1. The molecule has 0 aliphatic heterocycles. The van der Waals surface area contributed by atoms with Crippen molar-refractivity contribution >= 4 is 0 Å². The van der Waals surface area contributed by atoms with Gasteiger partial charge in [-0.2, -0.15) is 0 Å². The summed E-state index contributed by atoms with van der Waals surface area (Å²) in [5.41, 5.74) is -0.852. The van der Waals surface area contributed by atoms with E-state index in [0.717, 1.165) is 44.8 Å². The summed E-state index contributed by atoms with van der Waals surface area (Å²) in [4.78, 5) is 0. The van der Waals surface area contributed by atoms with Crippen LogP contribution in [0.1, 0.15) is 138 Å². The standard InChI is InChI=1S/C41H74O6/c1-9-10-19-47-20-13-11-12-14-28-16-18-33(46-8)30(21-28)29-17-15-25(2)34-31(29)22-39(5)24-40(6)23-32(43)35(27(4)42)38(45)41(40,7)26(3)36(39)37(34)44/h25-38,42-45H,9-24H2,1-8H3. The molecule has 0 saturated heterocycles. The Morgan fingerprint density at radius 1 is 0.851 bits per heavy atom. The van der Waals surface area contributed by atoms with Crippen molar-refractivity contribution in [3.05, 3.63) is 0 Å². The molecular formula is C41H74O6. The molecule has 6 nitrogen and oxygen atoms in total. The Hall–Kier alpha value is -0.240. The molecule has 17 unspecified atom stereocenters. The summed E-state index contributed by atoms with van der Waals surface area (Å²) in [6.45, 7) is 17.3. The third-order valence-electron chi connectivity index (χ3n) is 16.0. The van der Waals surface area contributed by atoms with Crippen LogP contribution < -0.4 is 0 Å². The van der Waals surface area contributed by atoms with Crippen molar-refractivity contribution in [1.29, 1.82) is 0 Å². The maximum atomic E-state index is 12.6. The predicted octanol–water partition coefficient (Wildman–Crippen LogP) is 7.64. The van der Waals surface area contributed by atoms with Gasteiger partial charge < -0.3 is 29.9 Å². The first-order valence-electron chi connectivity index (χ1n) is 20.1. The van der Waals surface area contributed by atoms with Crippen LogP contribution in [0.25, 0.3) is 0 Å². The van der Waals surface area contributed by atoms with Crippen molar-refractivity contribution in [2.24, 2.45) is 69.5 Å². The Labute approximate surface area is 288 Å². The Bertz CT molecular complexity index is 1000. The van der Waals surface area contributed by atoms with E-state index in [1.165, 1.54) is 57.8 Å². The summed E-state index contributed by atoms with van der Waals surface area (Å²) in [5, 5.41) is 46.5. The van der Waals surface area contributed by atoms with Gasteiger partial charge in [0.05, 0.1) is 30.5 Å². The van der Waals surface area contributed by atoms with Gasteiger partial charge in [-0.15, -0.1) is 0 Å². The van der Waals surface area contributed by atoms with Gasteiger partial charge in [-0.05, 0) is 123 Å². The highest BCUT2D eigenvalue weighted by atomic mass is 16.5. The fourth-order valence-corrected chi connectivity index (χ4v) is 13.5. The number of fused-ring (bicyclic) bond motifs is 3. The SMILES string of the molecule is CCCCOCCCCCC1CCC(OC)C(C2CCC(C)C3C(O)C4C(C)C5(C)C(O)C(C(C)O)C(O)CC5(C)CC4(C)CC23)C1. The zero-order chi connectivity index (χ0) is 34.3. The van der Waals surface area contributed by atoms with E-state index in [-0.39, 0.29) is 28.6 Å². The molecule has 4 N–H and O–H groups in total. The fraction of sp³-hybridized carbons (Fsp3) is 1.00. The average Bonchev–Trinajstić information content (AvgIpc) is 3.00. The lowest BCUT2D eigenvalue weighted by Gasteiger charge is -2.71. The van der Waals surface area contributed by atoms with Gasteiger partial charge in [-0.3, -0.25) is 0 Å². The second kappa shape index (κ2) is 15.2. The molecule has 0 aromatic carbocycles. The van der Waals surface area contributed by atoms with Crippen LogP contribution in [0.3, 0.4) is 0 Å². The van der Waals surface area contributed by atoms with Gasteiger partial charge in [0, 0.05) is 31.7 Å². The summed E-state index contributed by atoms with van der Waals surface area (Å²) in [6, 6.07) is 0. The van der Waals surface area contributed by atoms with Crippen molar-refractivity contribution < 1.29 is 29.9 Å². The van der Waals surface area contributed by atoms with Gasteiger partial charge in [0.15, 0.2) is 0 Å². The van der Waals surface area contributed by atoms with Gasteiger partial charge in [-0.25, -0.2) is 0 Å². The van der Waals surface area contributed by atoms with E-state index in [2.05, 4.69) is 41.5 Å². The number of unbranched alkanes of at least 4 members (excludes halogenated alkanes) is 3. The number of hydrogen-bond donors (Lipinski definition) is 4. The average molecular weight is 663 g/mol. The van der Waals surface area contributed by atoms with Gasteiger partial charge in [0.1, 0.15) is 0 Å². The largest absolute Gasteiger partial charge is 0.393 e. The first-order chi connectivity index (χ1) is 22.2. The number of aliphatic hydroxyl groups is 4. The van der Waals surface area contributed by atoms with E-state index in [0.29, 0.717) is 36.2 Å². The highest BCUT2D eigenvalue weighted by Gasteiger charge is 2.70. The quantitative estimate of drug-likeness (QED) is 0.160. The molecule has 0 heterocycles. The number of rotatable bonds is 12. The molecule has 0 spiro atoms. The Morgan fingerprint density at radius 3 is 2.26 bits per heavy atom. The molecule has 0 radical (unpaired) electrons. The molecule has 5 aliphatic carbocycles. The maximum absolute atomic E-state index is 12.6. The fourth-order valence-electron chi connectivity index (χ4n) is 13.5. The summed E-state index contributed by atoms with van der Waals surface area (Å²) in [7, 11) is 1.93. The van der Waals surface area contributed by atoms with Crippen molar-refractivity contribution in [3.8, 4) is 0 Å². The van der Waals surface area contributed by atoms with E-state index in [1.807, 2.05) is 7.11 Å². The zero-order valence-electron chi connectivity index (χ0n) is 31.5. The van der Waals surface area contributed by atoms with Crippen LogP contribution in [0, 0.1) is 69.5 Å². The van der Waals surface area contributed by atoms with Crippen LogP contribution in [0.2, 0.25) is 0 Å². The van der Waals surface area contributed by atoms with Gasteiger partial charge in [0.2, 0.25) is 0 Å². The van der Waals surface area contributed by atoms with E-state index in [4.69, 9.17) is 9.47 Å². The van der Waals surface area contributed by atoms with E-state index in [1.54, 1.807) is 6.92 Å². The van der Waals surface area contributed by atoms with Gasteiger partial charge >= 0.3 is 0 Å². The molecule has 274 valence electrons. The van der Waals surface area contributed by atoms with Crippen LogP contribution >= 0.6 is 0 Å². The van der Waals surface area contributed by atoms with E-state index < -0.39 is 35.7 Å². The first-order valence-corrected chi connectivity index (χ1v) is 20.1. The smallest absolute Gasteiger partial charge is 0.0679 e. The van der Waals surface area contributed by atoms with Gasteiger partial charge in [-0.1, -0.05) is 73.6 Å². The molecule has 17 atom stereocenters. The maximum Gasteiger partial charge on any atom is 0.0679 e. The lowest BCUT2D eigenvalue weighted by molar-refractivity contribution is -0.287. The highest BCUT2D eigenvalue weighted by molar-refractivity contribution is 5.19. The topological polar surface area (TPSA) is 99.4 Å². The molecular weight excluding hydrogens is 588 g/mol. The molecule has 5 fully saturated rings. The molecule has 5 rings (SSSR count). The minimum Gasteiger partial charge on any atom is -0.393 e. The van der Waals surface area contributed by atoms with Crippen LogP contribution in [0.5, 0.6) is 0 Å². The molecule has 0 amide bonds. The molecule has 0 bridgehead atoms. The summed E-state index contributed by atoms with van der Waals surface area (Å²) in [6.07, 6.45) is 13.7. The second-order valence-corrected chi connectivity index (χ2v) is 18.6. The zero-order valence-corrected chi connectivity index (χ0v) is 31.5. The van der Waals surface area contributed by atoms with Crippen molar-refractivity contribution in [3.63, 3.8) is 0 Å². The third-order valence-corrected chi connectivity index (χ3v) is 16.0. The van der Waals surface area contributed by atoms with Crippen LogP contribution in [-0.4, -0.2) is 71.3 Å². The highest BCUT2D eigenvalue weighted by Crippen LogP contribution is 2.72. The van der Waals surface area contributed by atoms with Crippen LogP contribution in [0.4, 0.5) is 0 Å². The van der Waals surface area contributed by atoms with E-state index in [9.17, 15) is 20.4 Å². The molecule has 6 heteroatoms. The molecule has 5 aliphatic rings. The monoisotopic (exact) mass is 663 g/mol. The van der Waals surface area contributed by atoms with Crippen LogP contribution in [0.15, 0.2) is 0 Å². The Balaban J connectivity index is 1.34. The number of hydrogen-bond acceptors (Lipinski definition) is 6. The lowest BCUT2D eigenvalue weighted by Crippen LogP contribution is -2.71. The number of aliphatic hydroxyl groups excluding tert-OH is 4. The molecule has 5 saturated carbocycles. The van der Waals surface area contributed by atoms with Gasteiger partial charge in [0.25, 0.3) is 0 Å². The summed E-state index contributed by atoms with van der Waals surface area (Å²) >= 11 is 0. The minimum absolute atomic E-state index is 0.0707. The summed E-state index contributed by atoms with van der Waals surface area (Å²) in [5.74, 6) is 2.71. The minimum atomic E-state index is -0.813. The predicted molar refractivity (Wildman–Crippen MR) is 189 cm³/mol. The van der Waals surface area contributed by atoms with Crippen molar-refractivity contribution in [1.82, 2.24) is 0 Å². The molecule has 0 aromatic heterocycles. The van der Waals surface area contributed by atoms with Crippen molar-refractivity contribution in [2.45, 2.75) is 169 Å². The lowest BCUT2D eigenvalue weighted by atomic mass is 9.34. The number of ether oxygens (including phenoxy) is 2. The third kappa shape index (κ3) is 6.89. The second-order valence-electron chi connectivity index (χ2n) is 18.6. The Morgan fingerprint density at radius 2 is 1.57 bits per heavy atom. The molecule has 0 aromatic rings. The van der Waals surface area contributed by atoms with E-state index >= 15 is 0 Å². The molecule has 47 heavy (non-hydrogen) atoms.